The maximum absolute atomic E-state index is 5.98. The van der Waals surface area contributed by atoms with E-state index in [4.69, 9.17) is 31.5 Å². The third-order valence-corrected chi connectivity index (χ3v) is 3.92. The molecule has 2 aromatic carbocycles. The molecule has 6 nitrogen and oxygen atoms in total. The topological polar surface area (TPSA) is 78.1 Å². The quantitative estimate of drug-likeness (QED) is 0.644. The number of rotatable bonds is 4. The first-order valence-electron chi connectivity index (χ1n) is 7.95. The van der Waals surface area contributed by atoms with E-state index in [-0.39, 0.29) is 0 Å². The second-order valence-electron chi connectivity index (χ2n) is 5.49. The van der Waals surface area contributed by atoms with Gasteiger partial charge in [-0.05, 0) is 24.3 Å². The Kier molecular flexibility index (Phi) is 5.50. The number of hydrogen-bond donors (Lipinski definition) is 2. The van der Waals surface area contributed by atoms with Crippen molar-refractivity contribution in [2.24, 2.45) is 10.7 Å². The van der Waals surface area contributed by atoms with E-state index in [1.165, 1.54) is 0 Å². The molecule has 0 fully saturated rings. The van der Waals surface area contributed by atoms with Crippen LogP contribution in [0.1, 0.15) is 12.0 Å². The van der Waals surface area contributed by atoms with Gasteiger partial charge in [-0.1, -0.05) is 17.7 Å². The number of halogens is 1. The van der Waals surface area contributed by atoms with Gasteiger partial charge in [0.1, 0.15) is 5.75 Å². The SMILES string of the molecule is COc1cc(Cl)ccc1CN=C(N)Nc1ccc2c(c1)OCCCO2. The molecule has 1 heterocycles. The molecule has 0 aliphatic carbocycles. The minimum absolute atomic E-state index is 0.298. The summed E-state index contributed by atoms with van der Waals surface area (Å²) in [5, 5.41) is 3.67. The Morgan fingerprint density at radius 2 is 2.00 bits per heavy atom. The lowest BCUT2D eigenvalue weighted by molar-refractivity contribution is 0.297. The fourth-order valence-electron chi connectivity index (χ4n) is 2.45. The van der Waals surface area contributed by atoms with Crippen LogP contribution in [0.25, 0.3) is 0 Å². The Morgan fingerprint density at radius 3 is 2.80 bits per heavy atom. The van der Waals surface area contributed by atoms with Gasteiger partial charge in [-0.3, -0.25) is 0 Å². The van der Waals surface area contributed by atoms with Gasteiger partial charge >= 0.3 is 0 Å². The second kappa shape index (κ2) is 7.98. The third-order valence-electron chi connectivity index (χ3n) is 3.69. The number of aliphatic imine (C=N–C) groups is 1. The van der Waals surface area contributed by atoms with Crippen LogP contribution in [0.5, 0.6) is 17.2 Å². The predicted molar refractivity (Wildman–Crippen MR) is 99.0 cm³/mol. The Balaban J connectivity index is 1.69. The van der Waals surface area contributed by atoms with Crippen molar-refractivity contribution in [3.05, 3.63) is 47.0 Å². The number of hydrogen-bond acceptors (Lipinski definition) is 4. The molecule has 0 radical (unpaired) electrons. The summed E-state index contributed by atoms with van der Waals surface area (Å²) in [6.45, 7) is 1.67. The van der Waals surface area contributed by atoms with E-state index in [1.807, 2.05) is 24.3 Å². The van der Waals surface area contributed by atoms with Gasteiger partial charge < -0.3 is 25.3 Å². The molecule has 3 N–H and O–H groups in total. The normalized spacial score (nSPS) is 13.9. The highest BCUT2D eigenvalue weighted by Gasteiger charge is 2.11. The third kappa shape index (κ3) is 4.48. The zero-order valence-electron chi connectivity index (χ0n) is 13.9. The van der Waals surface area contributed by atoms with Crippen molar-refractivity contribution in [2.75, 3.05) is 25.6 Å². The van der Waals surface area contributed by atoms with Gasteiger partial charge in [-0.15, -0.1) is 0 Å². The Bertz CT molecular complexity index is 780. The molecule has 0 aromatic heterocycles. The highest BCUT2D eigenvalue weighted by molar-refractivity contribution is 6.30. The molecular formula is C18H20ClN3O3. The molecule has 0 spiro atoms. The van der Waals surface area contributed by atoms with Crippen LogP contribution < -0.4 is 25.3 Å². The Labute approximate surface area is 151 Å². The molecule has 3 rings (SSSR count). The van der Waals surface area contributed by atoms with E-state index in [0.29, 0.717) is 42.2 Å². The van der Waals surface area contributed by atoms with Gasteiger partial charge in [0, 0.05) is 28.8 Å². The molecular weight excluding hydrogens is 342 g/mol. The summed E-state index contributed by atoms with van der Waals surface area (Å²) in [7, 11) is 1.60. The molecule has 0 unspecified atom stereocenters. The minimum atomic E-state index is 0.298. The number of benzene rings is 2. The van der Waals surface area contributed by atoms with E-state index < -0.39 is 0 Å². The van der Waals surface area contributed by atoms with Crippen molar-refractivity contribution in [2.45, 2.75) is 13.0 Å². The minimum Gasteiger partial charge on any atom is -0.496 e. The van der Waals surface area contributed by atoms with Crippen LogP contribution in [0.3, 0.4) is 0 Å². The molecule has 1 aliphatic rings. The van der Waals surface area contributed by atoms with E-state index in [2.05, 4.69) is 10.3 Å². The van der Waals surface area contributed by atoms with Crippen LogP contribution in [-0.4, -0.2) is 26.3 Å². The number of nitrogens with two attached hydrogens (primary N) is 1. The molecule has 1 aliphatic heterocycles. The first-order valence-corrected chi connectivity index (χ1v) is 8.32. The average Bonchev–Trinajstić information content (AvgIpc) is 2.85. The maximum Gasteiger partial charge on any atom is 0.193 e. The van der Waals surface area contributed by atoms with Gasteiger partial charge in [-0.2, -0.15) is 0 Å². The number of guanidine groups is 1. The molecule has 0 atom stereocenters. The number of anilines is 1. The van der Waals surface area contributed by atoms with E-state index >= 15 is 0 Å². The van der Waals surface area contributed by atoms with Crippen molar-refractivity contribution >= 4 is 23.2 Å². The van der Waals surface area contributed by atoms with Gasteiger partial charge in [0.05, 0.1) is 26.9 Å². The van der Waals surface area contributed by atoms with E-state index in [9.17, 15) is 0 Å². The first-order chi connectivity index (χ1) is 12.2. The molecule has 0 amide bonds. The monoisotopic (exact) mass is 361 g/mol. The molecule has 0 bridgehead atoms. The fourth-order valence-corrected chi connectivity index (χ4v) is 2.61. The van der Waals surface area contributed by atoms with Gasteiger partial charge in [0.15, 0.2) is 17.5 Å². The fraction of sp³-hybridized carbons (Fsp3) is 0.278. The molecule has 7 heteroatoms. The predicted octanol–water partition coefficient (Wildman–Crippen LogP) is 3.44. The van der Waals surface area contributed by atoms with Crippen molar-refractivity contribution in [1.82, 2.24) is 0 Å². The summed E-state index contributed by atoms with van der Waals surface area (Å²) in [5.41, 5.74) is 7.67. The summed E-state index contributed by atoms with van der Waals surface area (Å²) in [6, 6.07) is 11.0. The molecule has 2 aromatic rings. The highest BCUT2D eigenvalue weighted by atomic mass is 35.5. The zero-order chi connectivity index (χ0) is 17.6. The first kappa shape index (κ1) is 17.2. The van der Waals surface area contributed by atoms with Gasteiger partial charge in [0.2, 0.25) is 0 Å². The summed E-state index contributed by atoms with van der Waals surface area (Å²) < 4.78 is 16.6. The highest BCUT2D eigenvalue weighted by Crippen LogP contribution is 2.32. The lowest BCUT2D eigenvalue weighted by Crippen LogP contribution is -2.22. The van der Waals surface area contributed by atoms with Crippen LogP contribution in [0.2, 0.25) is 5.02 Å². The number of nitrogens with one attached hydrogen (secondary N) is 1. The zero-order valence-corrected chi connectivity index (χ0v) is 14.7. The summed E-state index contributed by atoms with van der Waals surface area (Å²) >= 11 is 5.96. The molecule has 0 saturated heterocycles. The number of nitrogens with zero attached hydrogens (tertiary/aromatic N) is 1. The summed E-state index contributed by atoms with van der Waals surface area (Å²) in [5.74, 6) is 2.42. The molecule has 25 heavy (non-hydrogen) atoms. The summed E-state index contributed by atoms with van der Waals surface area (Å²) in [4.78, 5) is 4.35. The van der Waals surface area contributed by atoms with Crippen molar-refractivity contribution in [3.63, 3.8) is 0 Å². The maximum atomic E-state index is 5.98. The van der Waals surface area contributed by atoms with Crippen LogP contribution in [-0.2, 0) is 6.54 Å². The van der Waals surface area contributed by atoms with Gasteiger partial charge in [0.25, 0.3) is 0 Å². The van der Waals surface area contributed by atoms with Crippen LogP contribution >= 0.6 is 11.6 Å². The molecule has 0 saturated carbocycles. The lowest BCUT2D eigenvalue weighted by atomic mass is 10.2. The van der Waals surface area contributed by atoms with Crippen LogP contribution in [0, 0.1) is 0 Å². The standard InChI is InChI=1S/C18H20ClN3O3/c1-23-16-9-13(19)4-3-12(16)11-21-18(20)22-14-5-6-15-17(10-14)25-8-2-7-24-15/h3-6,9-10H,2,7-8,11H2,1H3,(H3,20,21,22). The van der Waals surface area contributed by atoms with Crippen molar-refractivity contribution < 1.29 is 14.2 Å². The van der Waals surface area contributed by atoms with Crippen LogP contribution in [0.15, 0.2) is 41.4 Å². The summed E-state index contributed by atoms with van der Waals surface area (Å²) in [6.07, 6.45) is 0.865. The number of ether oxygens (including phenoxy) is 3. The Hall–Kier alpha value is -2.60. The smallest absolute Gasteiger partial charge is 0.193 e. The van der Waals surface area contributed by atoms with Gasteiger partial charge in [-0.25, -0.2) is 4.99 Å². The van der Waals surface area contributed by atoms with E-state index in [1.54, 1.807) is 19.2 Å². The number of fused-ring (bicyclic) bond motifs is 1. The number of methoxy groups -OCH3 is 1. The van der Waals surface area contributed by atoms with Crippen LogP contribution in [0.4, 0.5) is 5.69 Å². The largest absolute Gasteiger partial charge is 0.496 e. The van der Waals surface area contributed by atoms with Crippen molar-refractivity contribution in [3.8, 4) is 17.2 Å². The van der Waals surface area contributed by atoms with Crippen molar-refractivity contribution in [1.29, 1.82) is 0 Å². The van der Waals surface area contributed by atoms with E-state index in [0.717, 1.165) is 23.4 Å². The molecule has 132 valence electrons. The Morgan fingerprint density at radius 1 is 1.20 bits per heavy atom. The average molecular weight is 362 g/mol. The second-order valence-corrected chi connectivity index (χ2v) is 5.93. The lowest BCUT2D eigenvalue weighted by Gasteiger charge is -2.11.